The maximum atomic E-state index is 11.0. The first-order chi connectivity index (χ1) is 8.63. The molecule has 0 aliphatic heterocycles. The molecular formula is C12H16ClNO4. The summed E-state index contributed by atoms with van der Waals surface area (Å²) >= 11 is 5.55. The van der Waals surface area contributed by atoms with Crippen molar-refractivity contribution in [2.24, 2.45) is 0 Å². The molecule has 0 heterocycles. The Bertz CT molecular complexity index is 423. The largest absolute Gasteiger partial charge is 0.493 e. The van der Waals surface area contributed by atoms with Gasteiger partial charge in [-0.05, 0) is 18.9 Å². The average molecular weight is 274 g/mol. The monoisotopic (exact) mass is 273 g/mol. The first-order valence-electron chi connectivity index (χ1n) is 5.68. The van der Waals surface area contributed by atoms with Crippen LogP contribution in [0.2, 0.25) is 0 Å². The highest BCUT2D eigenvalue weighted by molar-refractivity contribution is 6.17. The summed E-state index contributed by atoms with van der Waals surface area (Å²) in [6, 6.07) is 3.06. The predicted molar refractivity (Wildman–Crippen MR) is 69.9 cm³/mol. The number of rotatable bonds is 7. The molecule has 0 atom stereocenters. The fourth-order valence-electron chi connectivity index (χ4n) is 1.55. The predicted octanol–water partition coefficient (Wildman–Crippen LogP) is 3.17. The summed E-state index contributed by atoms with van der Waals surface area (Å²) in [5.41, 5.74) is 0.681. The zero-order valence-corrected chi connectivity index (χ0v) is 11.2. The molecule has 0 radical (unpaired) electrons. The highest BCUT2D eigenvalue weighted by Crippen LogP contribution is 2.35. The smallest absolute Gasteiger partial charge is 0.276 e. The van der Waals surface area contributed by atoms with Crippen molar-refractivity contribution in [1.29, 1.82) is 0 Å². The molecule has 100 valence electrons. The van der Waals surface area contributed by atoms with E-state index in [1.165, 1.54) is 13.2 Å². The number of halogens is 1. The van der Waals surface area contributed by atoms with Gasteiger partial charge in [0.1, 0.15) is 0 Å². The van der Waals surface area contributed by atoms with Gasteiger partial charge in [-0.25, -0.2) is 0 Å². The molecule has 0 spiro atoms. The minimum Gasteiger partial charge on any atom is -0.493 e. The lowest BCUT2D eigenvalue weighted by Crippen LogP contribution is -2.02. The van der Waals surface area contributed by atoms with Crippen molar-refractivity contribution >= 4 is 17.3 Å². The van der Waals surface area contributed by atoms with Gasteiger partial charge >= 0.3 is 0 Å². The molecule has 0 saturated heterocycles. The summed E-state index contributed by atoms with van der Waals surface area (Å²) in [7, 11) is 1.51. The molecule has 5 nitrogen and oxygen atoms in total. The molecule has 1 rings (SSSR count). The van der Waals surface area contributed by atoms with Gasteiger partial charge in [0.15, 0.2) is 11.5 Å². The third-order valence-electron chi connectivity index (χ3n) is 2.48. The molecule has 1 aromatic carbocycles. The number of benzene rings is 1. The number of nitro groups is 1. The Morgan fingerprint density at radius 2 is 2.11 bits per heavy atom. The van der Waals surface area contributed by atoms with E-state index in [0.717, 1.165) is 0 Å². The van der Waals surface area contributed by atoms with Gasteiger partial charge in [-0.3, -0.25) is 10.1 Å². The number of hydrogen-bond donors (Lipinski definition) is 0. The third-order valence-corrected chi connectivity index (χ3v) is 2.75. The Labute approximate surface area is 111 Å². The fraction of sp³-hybridized carbons (Fsp3) is 0.500. The standard InChI is InChI=1S/C12H16ClNO4/c1-3-9-7-11(17-2)12(18-6-4-5-13)8-10(9)14(15)16/h7-8H,3-6H2,1-2H3. The maximum absolute atomic E-state index is 11.0. The topological polar surface area (TPSA) is 61.6 Å². The summed E-state index contributed by atoms with van der Waals surface area (Å²) in [6.45, 7) is 2.26. The van der Waals surface area contributed by atoms with E-state index >= 15 is 0 Å². The van der Waals surface area contributed by atoms with Crippen LogP contribution in [-0.4, -0.2) is 24.5 Å². The zero-order valence-electron chi connectivity index (χ0n) is 10.4. The van der Waals surface area contributed by atoms with E-state index < -0.39 is 4.92 Å². The van der Waals surface area contributed by atoms with Crippen molar-refractivity contribution in [3.63, 3.8) is 0 Å². The van der Waals surface area contributed by atoms with Crippen molar-refractivity contribution in [3.05, 3.63) is 27.8 Å². The van der Waals surface area contributed by atoms with E-state index in [4.69, 9.17) is 21.1 Å². The van der Waals surface area contributed by atoms with Gasteiger partial charge in [0, 0.05) is 11.4 Å². The van der Waals surface area contributed by atoms with Gasteiger partial charge < -0.3 is 9.47 Å². The van der Waals surface area contributed by atoms with E-state index in [1.807, 2.05) is 6.92 Å². The minimum absolute atomic E-state index is 0.0548. The highest BCUT2D eigenvalue weighted by Gasteiger charge is 2.18. The molecule has 0 unspecified atom stereocenters. The lowest BCUT2D eigenvalue weighted by molar-refractivity contribution is -0.385. The molecule has 0 amide bonds. The van der Waals surface area contributed by atoms with Crippen molar-refractivity contribution < 1.29 is 14.4 Å². The van der Waals surface area contributed by atoms with Crippen LogP contribution in [-0.2, 0) is 6.42 Å². The second-order valence-corrected chi connectivity index (χ2v) is 4.01. The van der Waals surface area contributed by atoms with Crippen LogP contribution in [0.25, 0.3) is 0 Å². The van der Waals surface area contributed by atoms with E-state index in [0.29, 0.717) is 42.4 Å². The van der Waals surface area contributed by atoms with Crippen LogP contribution in [0.4, 0.5) is 5.69 Å². The van der Waals surface area contributed by atoms with Gasteiger partial charge in [-0.2, -0.15) is 0 Å². The molecular weight excluding hydrogens is 258 g/mol. The second-order valence-electron chi connectivity index (χ2n) is 3.63. The van der Waals surface area contributed by atoms with Gasteiger partial charge in [0.05, 0.1) is 24.7 Å². The Morgan fingerprint density at radius 3 is 2.61 bits per heavy atom. The molecule has 6 heteroatoms. The molecule has 18 heavy (non-hydrogen) atoms. The number of methoxy groups -OCH3 is 1. The molecule has 0 saturated carbocycles. The normalized spacial score (nSPS) is 10.2. The lowest BCUT2D eigenvalue weighted by Gasteiger charge is -2.11. The Morgan fingerprint density at radius 1 is 1.39 bits per heavy atom. The number of hydrogen-bond acceptors (Lipinski definition) is 4. The molecule has 1 aromatic rings. The average Bonchev–Trinajstić information content (AvgIpc) is 2.38. The Kier molecular flexibility index (Phi) is 5.71. The van der Waals surface area contributed by atoms with Gasteiger partial charge in [0.2, 0.25) is 0 Å². The second kappa shape index (κ2) is 7.06. The number of nitrogens with zero attached hydrogens (tertiary/aromatic N) is 1. The van der Waals surface area contributed by atoms with Crippen molar-refractivity contribution in [1.82, 2.24) is 0 Å². The van der Waals surface area contributed by atoms with Crippen LogP contribution in [0.5, 0.6) is 11.5 Å². The molecule has 0 aromatic heterocycles. The minimum atomic E-state index is -0.410. The molecule has 0 fully saturated rings. The first-order valence-corrected chi connectivity index (χ1v) is 6.21. The summed E-state index contributed by atoms with van der Waals surface area (Å²) in [5, 5.41) is 11.0. The van der Waals surface area contributed by atoms with Crippen LogP contribution in [0.15, 0.2) is 12.1 Å². The quantitative estimate of drug-likeness (QED) is 0.331. The van der Waals surface area contributed by atoms with Crippen molar-refractivity contribution in [2.75, 3.05) is 19.6 Å². The van der Waals surface area contributed by atoms with Crippen LogP contribution < -0.4 is 9.47 Å². The molecule has 0 aliphatic carbocycles. The zero-order chi connectivity index (χ0) is 13.5. The number of nitro benzene ring substituents is 1. The molecule has 0 aliphatic rings. The summed E-state index contributed by atoms with van der Waals surface area (Å²) < 4.78 is 10.6. The summed E-state index contributed by atoms with van der Waals surface area (Å²) in [5.74, 6) is 1.37. The molecule has 0 bridgehead atoms. The van der Waals surface area contributed by atoms with Crippen molar-refractivity contribution in [3.8, 4) is 11.5 Å². The van der Waals surface area contributed by atoms with Crippen LogP contribution in [0.3, 0.4) is 0 Å². The Balaban J connectivity index is 3.07. The first kappa shape index (κ1) is 14.6. The van der Waals surface area contributed by atoms with Crippen LogP contribution in [0.1, 0.15) is 18.9 Å². The lowest BCUT2D eigenvalue weighted by atomic mass is 10.1. The number of alkyl halides is 1. The van der Waals surface area contributed by atoms with Crippen LogP contribution >= 0.6 is 11.6 Å². The third kappa shape index (κ3) is 3.50. The van der Waals surface area contributed by atoms with E-state index in [-0.39, 0.29) is 5.69 Å². The van der Waals surface area contributed by atoms with E-state index in [1.54, 1.807) is 6.07 Å². The number of ether oxygens (including phenoxy) is 2. The van der Waals surface area contributed by atoms with E-state index in [2.05, 4.69) is 0 Å². The van der Waals surface area contributed by atoms with Gasteiger partial charge in [-0.1, -0.05) is 6.92 Å². The SMILES string of the molecule is CCc1cc(OC)c(OCCCCl)cc1[N+](=O)[O-]. The van der Waals surface area contributed by atoms with Crippen LogP contribution in [0, 0.1) is 10.1 Å². The summed E-state index contributed by atoms with van der Waals surface area (Å²) in [4.78, 5) is 10.5. The Hall–Kier alpha value is -1.49. The van der Waals surface area contributed by atoms with E-state index in [9.17, 15) is 10.1 Å². The fourth-order valence-corrected chi connectivity index (χ4v) is 1.66. The molecule has 0 N–H and O–H groups in total. The highest BCUT2D eigenvalue weighted by atomic mass is 35.5. The maximum Gasteiger partial charge on any atom is 0.276 e. The van der Waals surface area contributed by atoms with Gasteiger partial charge in [0.25, 0.3) is 5.69 Å². The van der Waals surface area contributed by atoms with Gasteiger partial charge in [-0.15, -0.1) is 11.6 Å². The number of aryl methyl sites for hydroxylation is 1. The summed E-state index contributed by atoms with van der Waals surface area (Å²) in [6.07, 6.45) is 1.24. The van der Waals surface area contributed by atoms with Crippen molar-refractivity contribution in [2.45, 2.75) is 19.8 Å².